The van der Waals surface area contributed by atoms with Gasteiger partial charge < -0.3 is 15.4 Å². The summed E-state index contributed by atoms with van der Waals surface area (Å²) in [5, 5.41) is 6.22. The maximum absolute atomic E-state index is 11.9. The molecule has 1 amide bonds. The molecule has 1 rings (SSSR count). The van der Waals surface area contributed by atoms with E-state index >= 15 is 0 Å². The third kappa shape index (κ3) is 5.44. The number of carbonyl (C=O) groups excluding carboxylic acids is 1. The average molecular weight is 286 g/mol. The smallest absolute Gasteiger partial charge is 0.253 e. The molecule has 106 valence electrons. The first-order chi connectivity index (χ1) is 9.19. The summed E-state index contributed by atoms with van der Waals surface area (Å²) in [6.45, 7) is 6.36. The molecule has 1 aromatic heterocycles. The lowest BCUT2D eigenvalue weighted by molar-refractivity contribution is 0.0922. The molecule has 0 unspecified atom stereocenters. The van der Waals surface area contributed by atoms with E-state index < -0.39 is 0 Å². The molecule has 6 heteroatoms. The molecule has 0 aliphatic carbocycles. The highest BCUT2D eigenvalue weighted by molar-refractivity contribution is 6.33. The standard InChI is InChI=1S/C13H20ClN3O2/c1-3-5-15-12-8-10(11(14)9-17-12)13(18)16-6-7-19-4-2/h8-9H,3-7H2,1-2H3,(H,15,17)(H,16,18). The first-order valence-electron chi connectivity index (χ1n) is 6.44. The van der Waals surface area contributed by atoms with E-state index in [-0.39, 0.29) is 5.91 Å². The molecule has 0 aliphatic rings. The third-order valence-corrected chi connectivity index (χ3v) is 2.69. The van der Waals surface area contributed by atoms with Gasteiger partial charge in [-0.3, -0.25) is 4.79 Å². The summed E-state index contributed by atoms with van der Waals surface area (Å²) in [6, 6.07) is 1.66. The lowest BCUT2D eigenvalue weighted by atomic mass is 10.2. The highest BCUT2D eigenvalue weighted by atomic mass is 35.5. The van der Waals surface area contributed by atoms with Crippen LogP contribution in [0.15, 0.2) is 12.3 Å². The predicted octanol–water partition coefficient (Wildman–Crippen LogP) is 2.32. The van der Waals surface area contributed by atoms with E-state index in [9.17, 15) is 4.79 Å². The van der Waals surface area contributed by atoms with Crippen LogP contribution in [0.4, 0.5) is 5.82 Å². The molecule has 1 heterocycles. The van der Waals surface area contributed by atoms with Gasteiger partial charge in [-0.25, -0.2) is 4.98 Å². The number of amides is 1. The van der Waals surface area contributed by atoms with Crippen molar-refractivity contribution in [1.82, 2.24) is 10.3 Å². The number of pyridine rings is 1. The Morgan fingerprint density at radius 2 is 2.21 bits per heavy atom. The van der Waals surface area contributed by atoms with Gasteiger partial charge >= 0.3 is 0 Å². The minimum atomic E-state index is -0.216. The largest absolute Gasteiger partial charge is 0.380 e. The number of halogens is 1. The zero-order valence-electron chi connectivity index (χ0n) is 11.3. The molecular weight excluding hydrogens is 266 g/mol. The highest BCUT2D eigenvalue weighted by Crippen LogP contribution is 2.17. The van der Waals surface area contributed by atoms with Crippen molar-refractivity contribution in [3.8, 4) is 0 Å². The second-order valence-corrected chi connectivity index (χ2v) is 4.34. The normalized spacial score (nSPS) is 10.3. The van der Waals surface area contributed by atoms with E-state index in [1.807, 2.05) is 6.92 Å². The number of nitrogens with zero attached hydrogens (tertiary/aromatic N) is 1. The quantitative estimate of drug-likeness (QED) is 0.720. The van der Waals surface area contributed by atoms with Gasteiger partial charge in [-0.1, -0.05) is 18.5 Å². The second-order valence-electron chi connectivity index (χ2n) is 3.93. The zero-order valence-corrected chi connectivity index (χ0v) is 12.1. The number of nitrogens with one attached hydrogen (secondary N) is 2. The molecule has 5 nitrogen and oxygen atoms in total. The van der Waals surface area contributed by atoms with Gasteiger partial charge in [0.2, 0.25) is 0 Å². The molecule has 0 atom stereocenters. The monoisotopic (exact) mass is 285 g/mol. The highest BCUT2D eigenvalue weighted by Gasteiger charge is 2.11. The topological polar surface area (TPSA) is 63.2 Å². The Kier molecular flexibility index (Phi) is 7.22. The molecular formula is C13H20ClN3O2. The van der Waals surface area contributed by atoms with Gasteiger partial charge in [0.05, 0.1) is 17.2 Å². The van der Waals surface area contributed by atoms with Crippen LogP contribution in [0.25, 0.3) is 0 Å². The average Bonchev–Trinajstić information content (AvgIpc) is 2.42. The number of carbonyl (C=O) groups is 1. The van der Waals surface area contributed by atoms with E-state index in [4.69, 9.17) is 16.3 Å². The van der Waals surface area contributed by atoms with Gasteiger partial charge in [-0.05, 0) is 19.4 Å². The molecule has 0 bridgehead atoms. The number of hydrogen-bond acceptors (Lipinski definition) is 4. The maximum Gasteiger partial charge on any atom is 0.253 e. The van der Waals surface area contributed by atoms with E-state index in [1.54, 1.807) is 6.07 Å². The Bertz CT molecular complexity index is 413. The van der Waals surface area contributed by atoms with Crippen LogP contribution in [0.1, 0.15) is 30.6 Å². The minimum absolute atomic E-state index is 0.216. The maximum atomic E-state index is 11.9. The van der Waals surface area contributed by atoms with E-state index in [0.717, 1.165) is 13.0 Å². The SMILES string of the molecule is CCCNc1cc(C(=O)NCCOCC)c(Cl)cn1. The molecule has 2 N–H and O–H groups in total. The van der Waals surface area contributed by atoms with Crippen molar-refractivity contribution < 1.29 is 9.53 Å². The van der Waals surface area contributed by atoms with E-state index in [0.29, 0.717) is 36.2 Å². The Morgan fingerprint density at radius 3 is 2.89 bits per heavy atom. The van der Waals surface area contributed by atoms with Crippen molar-refractivity contribution in [3.63, 3.8) is 0 Å². The van der Waals surface area contributed by atoms with Gasteiger partial charge in [0, 0.05) is 25.9 Å². The van der Waals surface area contributed by atoms with Crippen LogP contribution in [-0.2, 0) is 4.74 Å². The molecule has 1 aromatic rings. The van der Waals surface area contributed by atoms with Crippen molar-refractivity contribution in [2.75, 3.05) is 31.6 Å². The van der Waals surface area contributed by atoms with Crippen LogP contribution in [0.5, 0.6) is 0 Å². The van der Waals surface area contributed by atoms with Gasteiger partial charge in [0.1, 0.15) is 5.82 Å². The van der Waals surface area contributed by atoms with Crippen LogP contribution < -0.4 is 10.6 Å². The summed E-state index contributed by atoms with van der Waals surface area (Å²) >= 11 is 5.98. The summed E-state index contributed by atoms with van der Waals surface area (Å²) in [6.07, 6.45) is 2.47. The van der Waals surface area contributed by atoms with Crippen LogP contribution >= 0.6 is 11.6 Å². The predicted molar refractivity (Wildman–Crippen MR) is 76.9 cm³/mol. The number of ether oxygens (including phenoxy) is 1. The molecule has 0 radical (unpaired) electrons. The van der Waals surface area contributed by atoms with Crippen molar-refractivity contribution in [2.45, 2.75) is 20.3 Å². The van der Waals surface area contributed by atoms with Crippen LogP contribution in [0.2, 0.25) is 5.02 Å². The Hall–Kier alpha value is -1.33. The summed E-state index contributed by atoms with van der Waals surface area (Å²) in [7, 11) is 0. The van der Waals surface area contributed by atoms with Gasteiger partial charge in [0.25, 0.3) is 5.91 Å². The van der Waals surface area contributed by atoms with Gasteiger partial charge in [-0.15, -0.1) is 0 Å². The van der Waals surface area contributed by atoms with Gasteiger partial charge in [-0.2, -0.15) is 0 Å². The summed E-state index contributed by atoms with van der Waals surface area (Å²) < 4.78 is 5.15. The molecule has 0 aliphatic heterocycles. The fourth-order valence-electron chi connectivity index (χ4n) is 1.44. The van der Waals surface area contributed by atoms with Crippen molar-refractivity contribution in [2.24, 2.45) is 0 Å². The van der Waals surface area contributed by atoms with Crippen molar-refractivity contribution in [1.29, 1.82) is 0 Å². The molecule has 0 aromatic carbocycles. The molecule has 0 saturated heterocycles. The van der Waals surface area contributed by atoms with Crippen LogP contribution in [0.3, 0.4) is 0 Å². The second kappa shape index (κ2) is 8.72. The van der Waals surface area contributed by atoms with Crippen molar-refractivity contribution >= 4 is 23.3 Å². The fourth-order valence-corrected chi connectivity index (χ4v) is 1.63. The van der Waals surface area contributed by atoms with Crippen molar-refractivity contribution in [3.05, 3.63) is 22.8 Å². The van der Waals surface area contributed by atoms with E-state index in [1.165, 1.54) is 6.20 Å². The number of hydrogen-bond donors (Lipinski definition) is 2. The zero-order chi connectivity index (χ0) is 14.1. The summed E-state index contributed by atoms with van der Waals surface area (Å²) in [5.74, 6) is 0.438. The molecule has 0 spiro atoms. The van der Waals surface area contributed by atoms with E-state index in [2.05, 4.69) is 22.5 Å². The van der Waals surface area contributed by atoms with Crippen LogP contribution in [0, 0.1) is 0 Å². The first-order valence-corrected chi connectivity index (χ1v) is 6.82. The molecule has 19 heavy (non-hydrogen) atoms. The Labute approximate surface area is 118 Å². The number of aromatic nitrogens is 1. The lowest BCUT2D eigenvalue weighted by Crippen LogP contribution is -2.27. The number of anilines is 1. The van der Waals surface area contributed by atoms with Gasteiger partial charge in [0.15, 0.2) is 0 Å². The van der Waals surface area contributed by atoms with Crippen LogP contribution in [-0.4, -0.2) is 37.2 Å². The minimum Gasteiger partial charge on any atom is -0.380 e. The Balaban J connectivity index is 2.61. The number of rotatable bonds is 8. The fraction of sp³-hybridized carbons (Fsp3) is 0.538. The third-order valence-electron chi connectivity index (χ3n) is 2.39. The lowest BCUT2D eigenvalue weighted by Gasteiger charge is -2.09. The molecule has 0 saturated carbocycles. The summed E-state index contributed by atoms with van der Waals surface area (Å²) in [5.41, 5.74) is 0.423. The Morgan fingerprint density at radius 1 is 1.42 bits per heavy atom. The summed E-state index contributed by atoms with van der Waals surface area (Å²) in [4.78, 5) is 16.1. The first kappa shape index (κ1) is 15.7. The molecule has 0 fully saturated rings.